The summed E-state index contributed by atoms with van der Waals surface area (Å²) < 4.78 is 0. The fourth-order valence-corrected chi connectivity index (χ4v) is 2.88. The third kappa shape index (κ3) is 2.96. The van der Waals surface area contributed by atoms with Crippen molar-refractivity contribution in [2.45, 2.75) is 30.8 Å². The van der Waals surface area contributed by atoms with Crippen LogP contribution < -0.4 is 11.1 Å². The van der Waals surface area contributed by atoms with Gasteiger partial charge in [-0.15, -0.1) is 0 Å². The van der Waals surface area contributed by atoms with Crippen molar-refractivity contribution in [3.05, 3.63) is 35.9 Å². The third-order valence-electron chi connectivity index (χ3n) is 4.17. The average molecular weight is 260 g/mol. The predicted octanol–water partition coefficient (Wildman–Crippen LogP) is -0.0251. The third-order valence-corrected chi connectivity index (χ3v) is 4.17. The highest BCUT2D eigenvalue weighted by Crippen LogP contribution is 2.40. The van der Waals surface area contributed by atoms with Crippen LogP contribution in [0.1, 0.15) is 24.3 Å². The summed E-state index contributed by atoms with van der Waals surface area (Å²) in [5.74, 6) is 0.818. The van der Waals surface area contributed by atoms with Crippen LogP contribution in [0.2, 0.25) is 0 Å². The number of carbonyl (C=O) groups is 1. The number of rotatable bonds is 4. The van der Waals surface area contributed by atoms with E-state index < -0.39 is 0 Å². The Morgan fingerprint density at radius 2 is 2.16 bits per heavy atom. The van der Waals surface area contributed by atoms with E-state index in [0.717, 1.165) is 25.9 Å². The summed E-state index contributed by atoms with van der Waals surface area (Å²) in [5, 5.41) is 3.39. The minimum Gasteiger partial charge on any atom is -0.354 e. The number of carbonyl (C=O) groups excluding carboxylic acids is 1. The predicted molar refractivity (Wildman–Crippen MR) is 73.5 cm³/mol. The Morgan fingerprint density at radius 3 is 2.84 bits per heavy atom. The topological polar surface area (TPSA) is 60.0 Å². The molecule has 1 aromatic carbocycles. The van der Waals surface area contributed by atoms with Gasteiger partial charge in [0.05, 0.1) is 13.1 Å². The molecule has 0 aromatic heterocycles. The number of hydrogen-bond donors (Lipinski definition) is 2. The zero-order chi connectivity index (χ0) is 13.2. The van der Waals surface area contributed by atoms with Crippen molar-refractivity contribution in [2.24, 2.45) is 0 Å². The quantitative estimate of drug-likeness (QED) is 0.799. The summed E-state index contributed by atoms with van der Waals surface area (Å²) in [7, 11) is 0. The Hall–Kier alpha value is -1.39. The molecule has 4 heteroatoms. The maximum atomic E-state index is 12.0. The van der Waals surface area contributed by atoms with Gasteiger partial charge in [0.1, 0.15) is 6.04 Å². The Bertz CT molecular complexity index is 448. The summed E-state index contributed by atoms with van der Waals surface area (Å²) in [5.41, 5.74) is 5.40. The van der Waals surface area contributed by atoms with Gasteiger partial charge in [-0.1, -0.05) is 30.3 Å². The molecule has 1 saturated carbocycles. The lowest BCUT2D eigenvalue weighted by Crippen LogP contribution is -2.62. The molecule has 102 valence electrons. The summed E-state index contributed by atoms with van der Waals surface area (Å²) in [6, 6.07) is 11.4. The van der Waals surface area contributed by atoms with E-state index in [1.807, 2.05) is 11.0 Å². The smallest absolute Gasteiger partial charge is 0.236 e. The number of quaternary nitrogens is 1. The van der Waals surface area contributed by atoms with Gasteiger partial charge in [-0.05, 0) is 12.0 Å². The van der Waals surface area contributed by atoms with Crippen LogP contribution in [-0.4, -0.2) is 42.5 Å². The largest absolute Gasteiger partial charge is 0.354 e. The molecule has 3 unspecified atom stereocenters. The summed E-state index contributed by atoms with van der Waals surface area (Å²) >= 11 is 0. The Morgan fingerprint density at radius 1 is 1.37 bits per heavy atom. The van der Waals surface area contributed by atoms with Crippen molar-refractivity contribution in [1.82, 2.24) is 10.2 Å². The number of nitrogens with one attached hydrogen (secondary N) is 1. The minimum atomic E-state index is 0.227. The van der Waals surface area contributed by atoms with Crippen LogP contribution in [-0.2, 0) is 4.79 Å². The molecule has 4 nitrogen and oxygen atoms in total. The van der Waals surface area contributed by atoms with Gasteiger partial charge in [0.25, 0.3) is 0 Å². The second-order valence-electron chi connectivity index (χ2n) is 5.73. The Labute approximate surface area is 114 Å². The van der Waals surface area contributed by atoms with Crippen LogP contribution >= 0.6 is 0 Å². The first-order chi connectivity index (χ1) is 9.24. The van der Waals surface area contributed by atoms with Crippen LogP contribution in [0.3, 0.4) is 0 Å². The SMILES string of the molecule is [NH3+]C1CCN(C(=O)CNC2CC2c2ccccc2)C1. The number of benzene rings is 1. The molecular formula is C15H22N3O+. The summed E-state index contributed by atoms with van der Waals surface area (Å²) in [4.78, 5) is 13.9. The lowest BCUT2D eigenvalue weighted by atomic mass is 10.1. The molecule has 1 heterocycles. The van der Waals surface area contributed by atoms with Crippen molar-refractivity contribution < 1.29 is 10.5 Å². The van der Waals surface area contributed by atoms with Gasteiger partial charge in [0.15, 0.2) is 0 Å². The average Bonchev–Trinajstić information content (AvgIpc) is 3.09. The molecule has 2 aliphatic rings. The normalized spacial score (nSPS) is 29.5. The number of hydrogen-bond acceptors (Lipinski definition) is 2. The van der Waals surface area contributed by atoms with Crippen LogP contribution in [0.5, 0.6) is 0 Å². The van der Waals surface area contributed by atoms with Gasteiger partial charge in [-0.25, -0.2) is 0 Å². The van der Waals surface area contributed by atoms with E-state index in [1.165, 1.54) is 5.56 Å². The molecule has 1 amide bonds. The molecule has 19 heavy (non-hydrogen) atoms. The Kier molecular flexibility index (Phi) is 3.53. The van der Waals surface area contributed by atoms with Gasteiger partial charge >= 0.3 is 0 Å². The molecule has 2 fully saturated rings. The molecule has 1 aromatic rings. The number of nitrogens with zero attached hydrogens (tertiary/aromatic N) is 1. The van der Waals surface area contributed by atoms with Crippen molar-refractivity contribution in [3.8, 4) is 0 Å². The lowest BCUT2D eigenvalue weighted by molar-refractivity contribution is -0.413. The van der Waals surface area contributed by atoms with Gasteiger partial charge in [-0.2, -0.15) is 0 Å². The van der Waals surface area contributed by atoms with E-state index in [4.69, 9.17) is 0 Å². The van der Waals surface area contributed by atoms with Crippen LogP contribution in [0.15, 0.2) is 30.3 Å². The highest BCUT2D eigenvalue weighted by molar-refractivity contribution is 5.78. The van der Waals surface area contributed by atoms with Crippen molar-refractivity contribution in [3.63, 3.8) is 0 Å². The maximum absolute atomic E-state index is 12.0. The van der Waals surface area contributed by atoms with Crippen molar-refractivity contribution in [1.29, 1.82) is 0 Å². The van der Waals surface area contributed by atoms with E-state index in [9.17, 15) is 4.79 Å². The van der Waals surface area contributed by atoms with E-state index in [-0.39, 0.29) is 5.91 Å². The summed E-state index contributed by atoms with van der Waals surface area (Å²) in [6.45, 7) is 2.18. The first-order valence-electron chi connectivity index (χ1n) is 7.13. The zero-order valence-electron chi connectivity index (χ0n) is 11.2. The first-order valence-corrected chi connectivity index (χ1v) is 7.13. The minimum absolute atomic E-state index is 0.227. The number of likely N-dealkylation sites (tertiary alicyclic amines) is 1. The Balaban J connectivity index is 1.43. The molecule has 0 radical (unpaired) electrons. The number of amides is 1. The van der Waals surface area contributed by atoms with Crippen LogP contribution in [0.25, 0.3) is 0 Å². The fraction of sp³-hybridized carbons (Fsp3) is 0.533. The second kappa shape index (κ2) is 5.31. The van der Waals surface area contributed by atoms with Crippen LogP contribution in [0, 0.1) is 0 Å². The molecule has 0 bridgehead atoms. The van der Waals surface area contributed by atoms with Gasteiger partial charge < -0.3 is 16.0 Å². The molecule has 0 spiro atoms. The molecule has 1 aliphatic carbocycles. The van der Waals surface area contributed by atoms with Crippen LogP contribution in [0.4, 0.5) is 0 Å². The van der Waals surface area contributed by atoms with Gasteiger partial charge in [-0.3, -0.25) is 4.79 Å². The monoisotopic (exact) mass is 260 g/mol. The molecule has 1 saturated heterocycles. The van der Waals surface area contributed by atoms with E-state index in [2.05, 4.69) is 35.3 Å². The standard InChI is InChI=1S/C15H21N3O/c16-12-6-7-18(10-12)15(19)9-17-14-8-13(14)11-4-2-1-3-5-11/h1-5,12-14,17H,6-10,16H2/p+1. The first kappa shape index (κ1) is 12.6. The summed E-state index contributed by atoms with van der Waals surface area (Å²) in [6.07, 6.45) is 2.19. The molecule has 3 rings (SSSR count). The molecular weight excluding hydrogens is 238 g/mol. The zero-order valence-corrected chi connectivity index (χ0v) is 11.2. The van der Waals surface area contributed by atoms with Gasteiger partial charge in [0.2, 0.25) is 5.91 Å². The second-order valence-corrected chi connectivity index (χ2v) is 5.73. The van der Waals surface area contributed by atoms with Crippen molar-refractivity contribution >= 4 is 5.91 Å². The van der Waals surface area contributed by atoms with E-state index in [0.29, 0.717) is 24.5 Å². The highest BCUT2D eigenvalue weighted by Gasteiger charge is 2.38. The highest BCUT2D eigenvalue weighted by atomic mass is 16.2. The van der Waals surface area contributed by atoms with Gasteiger partial charge in [0, 0.05) is 24.9 Å². The lowest BCUT2D eigenvalue weighted by Gasteiger charge is -2.15. The van der Waals surface area contributed by atoms with E-state index >= 15 is 0 Å². The molecule has 3 atom stereocenters. The molecule has 4 N–H and O–H groups in total. The molecule has 1 aliphatic heterocycles. The maximum Gasteiger partial charge on any atom is 0.236 e. The fourth-order valence-electron chi connectivity index (χ4n) is 2.88. The van der Waals surface area contributed by atoms with Crippen molar-refractivity contribution in [2.75, 3.05) is 19.6 Å². The van der Waals surface area contributed by atoms with E-state index in [1.54, 1.807) is 0 Å².